The zero-order chi connectivity index (χ0) is 50.7. The smallest absolute Gasteiger partial charge is 0.326 e. The average Bonchev–Trinajstić information content (AvgIpc) is 3.32. The van der Waals surface area contributed by atoms with E-state index in [2.05, 4.69) is 20.3 Å². The minimum atomic E-state index is -1.95. The van der Waals surface area contributed by atoms with Crippen LogP contribution in [0.1, 0.15) is 60.1 Å². The van der Waals surface area contributed by atoms with E-state index >= 15 is 0 Å². The number of aliphatic imine (C=N–C) groups is 1. The van der Waals surface area contributed by atoms with E-state index < -0.39 is 99.0 Å². The van der Waals surface area contributed by atoms with Gasteiger partial charge < -0.3 is 78.3 Å². The number of carboxylic acids is 1. The minimum Gasteiger partial charge on any atom is -0.480 e. The third kappa shape index (κ3) is 17.7. The molecule has 378 valence electrons. The van der Waals surface area contributed by atoms with Crippen LogP contribution in [0.25, 0.3) is 11.1 Å². The van der Waals surface area contributed by atoms with Crippen molar-refractivity contribution in [3.8, 4) is 11.1 Å². The number of hydrogen-bond donors (Lipinski definition) is 15. The zero-order valence-corrected chi connectivity index (χ0v) is 38.5. The van der Waals surface area contributed by atoms with Crippen molar-refractivity contribution in [1.29, 1.82) is 0 Å². The highest BCUT2D eigenvalue weighted by atomic mass is 35.5. The zero-order valence-electron chi connectivity index (χ0n) is 37.7. The topological polar surface area (TPSA) is 408 Å². The molecule has 23 nitrogen and oxygen atoms in total. The lowest BCUT2D eigenvalue weighted by Gasteiger charge is -2.33. The third-order valence-electron chi connectivity index (χ3n) is 11.3. The second kappa shape index (κ2) is 28.4. The van der Waals surface area contributed by atoms with E-state index in [0.29, 0.717) is 19.4 Å². The number of aliphatic hydroxyl groups excluding tert-OH is 10. The first-order chi connectivity index (χ1) is 32.2. The molecule has 0 saturated heterocycles. The number of aliphatic carboxylic acids is 1. The van der Waals surface area contributed by atoms with Crippen molar-refractivity contribution in [3.63, 3.8) is 0 Å². The van der Waals surface area contributed by atoms with Crippen molar-refractivity contribution < 1.29 is 70.6 Å². The number of amides is 2. The first-order valence-electron chi connectivity index (χ1n) is 21.9. The van der Waals surface area contributed by atoms with Crippen LogP contribution in [0.5, 0.6) is 0 Å². The molecule has 0 bridgehead atoms. The van der Waals surface area contributed by atoms with Crippen molar-refractivity contribution >= 4 is 47.0 Å². The van der Waals surface area contributed by atoms with E-state index in [-0.39, 0.29) is 60.7 Å². The monoisotopic (exact) mass is 979 g/mol. The van der Waals surface area contributed by atoms with Crippen LogP contribution in [0.2, 0.25) is 5.15 Å². The second-order valence-electron chi connectivity index (χ2n) is 16.4. The molecule has 2 amide bonds. The molecule has 0 unspecified atom stereocenters. The van der Waals surface area contributed by atoms with Crippen molar-refractivity contribution in [3.05, 3.63) is 70.5 Å². The van der Waals surface area contributed by atoms with E-state index in [0.717, 1.165) is 40.0 Å². The van der Waals surface area contributed by atoms with Gasteiger partial charge in [0.1, 0.15) is 42.7 Å². The molecular formula is C44H66ClN9O14. The lowest BCUT2D eigenvalue weighted by Crippen LogP contribution is -2.53. The summed E-state index contributed by atoms with van der Waals surface area (Å²) in [5.41, 5.74) is 20.8. The van der Waals surface area contributed by atoms with Gasteiger partial charge in [-0.25, -0.2) is 14.8 Å². The van der Waals surface area contributed by atoms with Crippen molar-refractivity contribution in [2.45, 2.75) is 106 Å². The number of benzene rings is 2. The quantitative estimate of drug-likeness (QED) is 0.0190. The van der Waals surface area contributed by atoms with Gasteiger partial charge in [0.05, 0.1) is 25.4 Å². The number of carboxylic acid groups (broad SMARTS) is 1. The number of aromatic nitrogens is 2. The molecule has 0 aliphatic carbocycles. The number of anilines is 2. The number of carbonyl (C=O) groups excluding carboxylic acids is 2. The number of nitrogens with two attached hydrogens (primary N) is 3. The van der Waals surface area contributed by atoms with E-state index in [1.54, 1.807) is 0 Å². The summed E-state index contributed by atoms with van der Waals surface area (Å²) >= 11 is 5.83. The number of carbonyl (C=O) groups is 3. The fourth-order valence-corrected chi connectivity index (χ4v) is 7.20. The molecule has 1 heterocycles. The predicted octanol–water partition coefficient (Wildman–Crippen LogP) is -2.78. The van der Waals surface area contributed by atoms with Gasteiger partial charge in [0.25, 0.3) is 5.91 Å². The number of rotatable bonds is 29. The Kier molecular flexibility index (Phi) is 23.8. The average molecular weight is 981 g/mol. The Bertz CT molecular complexity index is 2040. The molecule has 18 N–H and O–H groups in total. The van der Waals surface area contributed by atoms with Crippen LogP contribution in [-0.2, 0) is 22.4 Å². The number of halogens is 1. The molecule has 0 aliphatic heterocycles. The van der Waals surface area contributed by atoms with Gasteiger partial charge in [0.2, 0.25) is 5.91 Å². The van der Waals surface area contributed by atoms with Crippen LogP contribution in [0.15, 0.2) is 53.5 Å². The minimum absolute atomic E-state index is 0.00488. The lowest BCUT2D eigenvalue weighted by atomic mass is 9.99. The van der Waals surface area contributed by atoms with E-state index in [9.17, 15) is 60.3 Å². The van der Waals surface area contributed by atoms with Crippen molar-refractivity contribution in [1.82, 2.24) is 25.1 Å². The van der Waals surface area contributed by atoms with Gasteiger partial charge in [-0.3, -0.25) is 24.8 Å². The number of unbranched alkanes of at least 4 members (excludes halogenated alkanes) is 2. The molecule has 3 rings (SSSR count). The van der Waals surface area contributed by atoms with Gasteiger partial charge in [0.15, 0.2) is 28.4 Å². The Morgan fingerprint density at radius 1 is 0.706 bits per heavy atom. The fourth-order valence-electron chi connectivity index (χ4n) is 7.08. The highest BCUT2D eigenvalue weighted by Gasteiger charge is 2.34. The first kappa shape index (κ1) is 57.2. The second-order valence-corrected chi connectivity index (χ2v) is 16.8. The molecule has 68 heavy (non-hydrogen) atoms. The van der Waals surface area contributed by atoms with Gasteiger partial charge in [-0.2, -0.15) is 0 Å². The van der Waals surface area contributed by atoms with Gasteiger partial charge in [-0.1, -0.05) is 60.1 Å². The number of likely N-dealkylation sites (N-methyl/N-ethyl adjacent to an activating group) is 1. The number of nitrogens with zero attached hydrogens (tertiary/aromatic N) is 5. The normalized spacial score (nSPS) is 16.0. The van der Waals surface area contributed by atoms with E-state index in [1.807, 2.05) is 48.5 Å². The third-order valence-corrected chi connectivity index (χ3v) is 11.6. The molecule has 2 aromatic carbocycles. The van der Waals surface area contributed by atoms with Crippen LogP contribution in [0, 0.1) is 0 Å². The first-order valence-corrected chi connectivity index (χ1v) is 22.3. The summed E-state index contributed by atoms with van der Waals surface area (Å²) in [6.45, 7) is -2.38. The SMILES string of the molecule is CN(C(=O)CCc1ccc(-c2ccc(CCCCN=C(N)NC(=O)c3nc(Cl)c(N)nc3N)cc2)cc1)[C@H](CCCCN(C[C@H](O)[C@@H](O)[C@H](O)[C@H](O)CO)C[C@H](O)[C@@H](O)[C@H](O)[C@H](O)CO)C(=O)O. The molecule has 0 aliphatic rings. The van der Waals surface area contributed by atoms with Crippen LogP contribution in [0.4, 0.5) is 11.6 Å². The molecule has 0 spiro atoms. The van der Waals surface area contributed by atoms with Crippen LogP contribution < -0.4 is 22.5 Å². The number of nitrogens with one attached hydrogen (secondary N) is 1. The summed E-state index contributed by atoms with van der Waals surface area (Å²) in [7, 11) is 1.40. The number of nitrogen functional groups attached to an aromatic ring is 2. The molecule has 0 saturated carbocycles. The number of guanidine groups is 1. The van der Waals surface area contributed by atoms with Gasteiger partial charge in [-0.05, 0) is 73.7 Å². The lowest BCUT2D eigenvalue weighted by molar-refractivity contribution is -0.149. The Balaban J connectivity index is 1.48. The molecule has 24 heteroatoms. The summed E-state index contributed by atoms with van der Waals surface area (Å²) in [6.07, 6.45) is -11.7. The van der Waals surface area contributed by atoms with Gasteiger partial charge in [0, 0.05) is 33.1 Å². The van der Waals surface area contributed by atoms with Crippen molar-refractivity contribution in [2.24, 2.45) is 10.7 Å². The number of aryl methyl sites for hydroxylation is 2. The van der Waals surface area contributed by atoms with E-state index in [4.69, 9.17) is 39.0 Å². The summed E-state index contributed by atoms with van der Waals surface area (Å²) in [5.74, 6) is -2.76. The van der Waals surface area contributed by atoms with Crippen LogP contribution in [0.3, 0.4) is 0 Å². The molecule has 0 radical (unpaired) electrons. The maximum atomic E-state index is 13.2. The highest BCUT2D eigenvalue weighted by molar-refractivity contribution is 6.31. The van der Waals surface area contributed by atoms with Gasteiger partial charge >= 0.3 is 5.97 Å². The number of aliphatic hydroxyl groups is 10. The Morgan fingerprint density at radius 2 is 1.21 bits per heavy atom. The van der Waals surface area contributed by atoms with Crippen LogP contribution in [-0.4, -0.2) is 201 Å². The molecule has 9 atom stereocenters. The van der Waals surface area contributed by atoms with Crippen molar-refractivity contribution in [2.75, 3.05) is 57.9 Å². The summed E-state index contributed by atoms with van der Waals surface area (Å²) in [4.78, 5) is 52.1. The maximum Gasteiger partial charge on any atom is 0.326 e. The Labute approximate surface area is 398 Å². The number of hydrogen-bond acceptors (Lipinski definition) is 19. The van der Waals surface area contributed by atoms with E-state index in [1.165, 1.54) is 11.9 Å². The Hall–Kier alpha value is -5.15. The summed E-state index contributed by atoms with van der Waals surface area (Å²) < 4.78 is 0. The Morgan fingerprint density at radius 3 is 1.71 bits per heavy atom. The standard InChI is InChI=1S/C44H66ClN9O14/c1-53(28(43(67)68)7-3-5-19-54(20-29(57)35(62)37(64)31(59)22-55)21-30(58)36(63)38(65)32(60)23-56)33(61)17-12-25-10-15-27(16-11-25)26-13-8-24(9-14-26)6-2-4-18-49-44(48)52-42(66)34-40(46)51-41(47)39(45)50-34/h8-11,13-16,28-32,35-38,55-60,62-65H,2-7,12,17-23H2,1H3,(H,67,68)(H4,46,47,51)(H3,48,49,52,66)/t28-,29+,30+,31-,32-,35-,36-,37-,38-/m1/s1. The largest absolute Gasteiger partial charge is 0.480 e. The molecule has 0 fully saturated rings. The molecule has 3 aromatic rings. The summed E-state index contributed by atoms with van der Waals surface area (Å²) in [5, 5.41) is 112. The predicted molar refractivity (Wildman–Crippen MR) is 250 cm³/mol. The summed E-state index contributed by atoms with van der Waals surface area (Å²) in [6, 6.07) is 14.5. The maximum absolute atomic E-state index is 13.2. The molecule has 1 aromatic heterocycles. The van der Waals surface area contributed by atoms with Gasteiger partial charge in [-0.15, -0.1) is 0 Å². The van der Waals surface area contributed by atoms with Crippen LogP contribution >= 0.6 is 11.6 Å². The fraction of sp³-hybridized carbons (Fsp3) is 0.545. The molecular weight excluding hydrogens is 914 g/mol. The highest BCUT2D eigenvalue weighted by Crippen LogP contribution is 2.23.